The highest BCUT2D eigenvalue weighted by Crippen LogP contribution is 2.19. The van der Waals surface area contributed by atoms with Crippen molar-refractivity contribution in [2.75, 3.05) is 32.7 Å². The molecule has 0 saturated carbocycles. The summed E-state index contributed by atoms with van der Waals surface area (Å²) in [6.07, 6.45) is 0. The summed E-state index contributed by atoms with van der Waals surface area (Å²) in [5.74, 6) is -1.02. The van der Waals surface area contributed by atoms with Gasteiger partial charge in [0, 0.05) is 26.2 Å². The maximum absolute atomic E-state index is 13.8. The van der Waals surface area contributed by atoms with Crippen LogP contribution in [0.2, 0.25) is 5.02 Å². The highest BCUT2D eigenvalue weighted by atomic mass is 35.5. The van der Waals surface area contributed by atoms with E-state index >= 15 is 0 Å². The van der Waals surface area contributed by atoms with Crippen molar-refractivity contribution in [2.45, 2.75) is 0 Å². The Kier molecular flexibility index (Phi) is 4.35. The second-order valence-electron chi connectivity index (χ2n) is 4.33. The molecule has 0 atom stereocenters. The quantitative estimate of drug-likeness (QED) is 0.776. The number of amides is 1. The van der Waals surface area contributed by atoms with Crippen LogP contribution in [0.15, 0.2) is 18.2 Å². The Morgan fingerprint density at radius 2 is 2.05 bits per heavy atom. The summed E-state index contributed by atoms with van der Waals surface area (Å²) < 4.78 is 13.8. The molecule has 0 aliphatic carbocycles. The summed E-state index contributed by atoms with van der Waals surface area (Å²) in [6.45, 7) is 2.59. The Morgan fingerprint density at radius 1 is 1.37 bits per heavy atom. The number of piperazine rings is 1. The van der Waals surface area contributed by atoms with Crippen molar-refractivity contribution in [3.63, 3.8) is 0 Å². The van der Waals surface area contributed by atoms with Gasteiger partial charge < -0.3 is 4.90 Å². The van der Waals surface area contributed by atoms with Gasteiger partial charge in [-0.2, -0.15) is 5.26 Å². The average molecular weight is 282 g/mol. The van der Waals surface area contributed by atoms with E-state index in [1.807, 2.05) is 4.90 Å². The van der Waals surface area contributed by atoms with Crippen LogP contribution < -0.4 is 0 Å². The van der Waals surface area contributed by atoms with Crippen LogP contribution in [0.5, 0.6) is 0 Å². The van der Waals surface area contributed by atoms with Crippen LogP contribution in [0.1, 0.15) is 10.4 Å². The number of carbonyl (C=O) groups is 1. The molecule has 1 aliphatic rings. The molecule has 0 aromatic heterocycles. The lowest BCUT2D eigenvalue weighted by atomic mass is 10.1. The fourth-order valence-electron chi connectivity index (χ4n) is 2.05. The first-order valence-electron chi connectivity index (χ1n) is 5.96. The third-order valence-electron chi connectivity index (χ3n) is 3.14. The maximum Gasteiger partial charge on any atom is 0.256 e. The summed E-state index contributed by atoms with van der Waals surface area (Å²) in [5, 5.41) is 8.55. The van der Waals surface area contributed by atoms with Gasteiger partial charge in [0.05, 0.1) is 23.2 Å². The molecule has 100 valence electrons. The fraction of sp³-hybridized carbons (Fsp3) is 0.385. The monoisotopic (exact) mass is 281 g/mol. The Hall–Kier alpha value is -1.64. The van der Waals surface area contributed by atoms with E-state index in [0.29, 0.717) is 32.7 Å². The van der Waals surface area contributed by atoms with Crippen LogP contribution in [0.3, 0.4) is 0 Å². The molecule has 0 spiro atoms. The molecular weight excluding hydrogens is 269 g/mol. The summed E-state index contributed by atoms with van der Waals surface area (Å²) in [5.41, 5.74) is 0.00114. The average Bonchev–Trinajstić information content (AvgIpc) is 2.42. The second-order valence-corrected chi connectivity index (χ2v) is 4.74. The second kappa shape index (κ2) is 6.00. The molecule has 0 radical (unpaired) electrons. The molecule has 1 aromatic carbocycles. The molecular formula is C13H13ClFN3O. The van der Waals surface area contributed by atoms with E-state index in [2.05, 4.69) is 6.07 Å². The zero-order valence-corrected chi connectivity index (χ0v) is 11.0. The van der Waals surface area contributed by atoms with Crippen LogP contribution in [-0.4, -0.2) is 48.4 Å². The minimum absolute atomic E-state index is 0.00114. The standard InChI is InChI=1S/C13H13ClFN3O/c14-11-3-1-2-10(12(11)15)13(19)18-8-6-17(5-4-16)7-9-18/h1-3H,5-9H2. The van der Waals surface area contributed by atoms with E-state index in [1.165, 1.54) is 12.1 Å². The van der Waals surface area contributed by atoms with Crippen LogP contribution in [0.25, 0.3) is 0 Å². The Balaban J connectivity index is 2.06. The minimum atomic E-state index is -0.673. The summed E-state index contributed by atoms with van der Waals surface area (Å²) in [4.78, 5) is 15.7. The van der Waals surface area contributed by atoms with Gasteiger partial charge in [0.2, 0.25) is 0 Å². The van der Waals surface area contributed by atoms with Crippen molar-refractivity contribution < 1.29 is 9.18 Å². The van der Waals surface area contributed by atoms with Crippen LogP contribution >= 0.6 is 11.6 Å². The van der Waals surface area contributed by atoms with Gasteiger partial charge in [0.25, 0.3) is 5.91 Å². The number of hydrogen-bond acceptors (Lipinski definition) is 3. The van der Waals surface area contributed by atoms with Crippen molar-refractivity contribution in [3.05, 3.63) is 34.6 Å². The van der Waals surface area contributed by atoms with Crippen molar-refractivity contribution in [2.24, 2.45) is 0 Å². The molecule has 0 unspecified atom stereocenters. The molecule has 1 aromatic rings. The number of nitriles is 1. The number of rotatable bonds is 2. The first-order chi connectivity index (χ1) is 9.13. The first kappa shape index (κ1) is 13.8. The molecule has 1 heterocycles. The van der Waals surface area contributed by atoms with Gasteiger partial charge in [-0.05, 0) is 12.1 Å². The molecule has 1 aliphatic heterocycles. The number of nitrogens with zero attached hydrogens (tertiary/aromatic N) is 3. The minimum Gasteiger partial charge on any atom is -0.336 e. The van der Waals surface area contributed by atoms with E-state index in [9.17, 15) is 9.18 Å². The van der Waals surface area contributed by atoms with Crippen molar-refractivity contribution in [3.8, 4) is 6.07 Å². The number of benzene rings is 1. The van der Waals surface area contributed by atoms with E-state index in [4.69, 9.17) is 16.9 Å². The lowest BCUT2D eigenvalue weighted by Gasteiger charge is -2.33. The predicted octanol–water partition coefficient (Wildman–Crippen LogP) is 1.76. The van der Waals surface area contributed by atoms with Gasteiger partial charge in [0.1, 0.15) is 0 Å². The SMILES string of the molecule is N#CCN1CCN(C(=O)c2cccc(Cl)c2F)CC1. The topological polar surface area (TPSA) is 47.3 Å². The molecule has 0 N–H and O–H groups in total. The number of hydrogen-bond donors (Lipinski definition) is 0. The fourth-order valence-corrected chi connectivity index (χ4v) is 2.22. The summed E-state index contributed by atoms with van der Waals surface area (Å²) in [6, 6.07) is 6.49. The molecule has 1 saturated heterocycles. The predicted molar refractivity (Wildman–Crippen MR) is 69.4 cm³/mol. The van der Waals surface area contributed by atoms with Crippen molar-refractivity contribution >= 4 is 17.5 Å². The Bertz CT molecular complexity index is 521. The molecule has 19 heavy (non-hydrogen) atoms. The first-order valence-corrected chi connectivity index (χ1v) is 6.34. The van der Waals surface area contributed by atoms with Gasteiger partial charge in [-0.3, -0.25) is 9.69 Å². The van der Waals surface area contributed by atoms with Gasteiger partial charge >= 0.3 is 0 Å². The lowest BCUT2D eigenvalue weighted by Crippen LogP contribution is -2.48. The third kappa shape index (κ3) is 3.03. The molecule has 1 fully saturated rings. The van der Waals surface area contributed by atoms with Crippen LogP contribution in [-0.2, 0) is 0 Å². The van der Waals surface area contributed by atoms with E-state index in [-0.39, 0.29) is 16.5 Å². The van der Waals surface area contributed by atoms with Crippen LogP contribution in [0, 0.1) is 17.1 Å². The Labute approximate surface area is 116 Å². The van der Waals surface area contributed by atoms with E-state index in [1.54, 1.807) is 11.0 Å². The maximum atomic E-state index is 13.8. The third-order valence-corrected chi connectivity index (χ3v) is 3.43. The lowest BCUT2D eigenvalue weighted by molar-refractivity contribution is 0.0647. The molecule has 4 nitrogen and oxygen atoms in total. The molecule has 0 bridgehead atoms. The van der Waals surface area contributed by atoms with Gasteiger partial charge in [-0.1, -0.05) is 17.7 Å². The zero-order chi connectivity index (χ0) is 13.8. The highest BCUT2D eigenvalue weighted by molar-refractivity contribution is 6.31. The smallest absolute Gasteiger partial charge is 0.256 e. The van der Waals surface area contributed by atoms with Gasteiger partial charge in [0.15, 0.2) is 5.82 Å². The summed E-state index contributed by atoms with van der Waals surface area (Å²) in [7, 11) is 0. The van der Waals surface area contributed by atoms with Crippen molar-refractivity contribution in [1.82, 2.24) is 9.80 Å². The zero-order valence-electron chi connectivity index (χ0n) is 10.3. The van der Waals surface area contributed by atoms with Crippen LogP contribution in [0.4, 0.5) is 4.39 Å². The van der Waals surface area contributed by atoms with Crippen molar-refractivity contribution in [1.29, 1.82) is 5.26 Å². The molecule has 1 amide bonds. The normalized spacial score (nSPS) is 16.2. The summed E-state index contributed by atoms with van der Waals surface area (Å²) >= 11 is 5.67. The van der Waals surface area contributed by atoms with E-state index < -0.39 is 5.82 Å². The molecule has 6 heteroatoms. The number of carbonyl (C=O) groups excluding carboxylic acids is 1. The number of halogens is 2. The van der Waals surface area contributed by atoms with Gasteiger partial charge in [-0.25, -0.2) is 4.39 Å². The van der Waals surface area contributed by atoms with E-state index in [0.717, 1.165) is 0 Å². The van der Waals surface area contributed by atoms with Gasteiger partial charge in [-0.15, -0.1) is 0 Å². The molecule has 2 rings (SSSR count). The highest BCUT2D eigenvalue weighted by Gasteiger charge is 2.24. The Morgan fingerprint density at radius 3 is 2.68 bits per heavy atom. The largest absolute Gasteiger partial charge is 0.336 e.